The molecule has 0 heterocycles. The van der Waals surface area contributed by atoms with Crippen LogP contribution in [0.25, 0.3) is 0 Å². The van der Waals surface area contributed by atoms with Gasteiger partial charge < -0.3 is 9.84 Å². The molecule has 0 aliphatic carbocycles. The number of aliphatic carboxylic acids is 1. The van der Waals surface area contributed by atoms with E-state index >= 15 is 0 Å². The minimum atomic E-state index is -0.664. The van der Waals surface area contributed by atoms with Crippen molar-refractivity contribution >= 4 is 11.9 Å². The van der Waals surface area contributed by atoms with E-state index < -0.39 is 5.97 Å². The third-order valence-electron chi connectivity index (χ3n) is 9.98. The van der Waals surface area contributed by atoms with Crippen molar-refractivity contribution in [1.82, 2.24) is 0 Å². The molecule has 0 saturated carbocycles. The summed E-state index contributed by atoms with van der Waals surface area (Å²) in [4.78, 5) is 22.7. The molecule has 0 aliphatic rings. The zero-order valence-electron chi connectivity index (χ0n) is 32.6. The number of hydrogen-bond acceptors (Lipinski definition) is 3. The van der Waals surface area contributed by atoms with Crippen molar-refractivity contribution in [2.45, 2.75) is 258 Å². The highest BCUT2D eigenvalue weighted by Crippen LogP contribution is 2.17. The number of esters is 1. The van der Waals surface area contributed by atoms with Crippen molar-refractivity contribution in [3.8, 4) is 0 Å². The molecule has 0 aromatic heterocycles. The van der Waals surface area contributed by atoms with Crippen LogP contribution in [0.5, 0.6) is 0 Å². The molecular weight excluding hydrogens is 592 g/mol. The first-order chi connectivity index (χ1) is 23.6. The predicted octanol–water partition coefficient (Wildman–Crippen LogP) is 15.0. The van der Waals surface area contributed by atoms with Gasteiger partial charge >= 0.3 is 11.9 Å². The van der Waals surface area contributed by atoms with Crippen molar-refractivity contribution in [1.29, 1.82) is 0 Å². The smallest absolute Gasteiger partial charge is 0.306 e. The molecule has 0 rings (SSSR count). The Bertz CT molecular complexity index is 687. The molecule has 0 spiro atoms. The second kappa shape index (κ2) is 40.1. The van der Waals surface area contributed by atoms with E-state index in [9.17, 15) is 9.59 Å². The van der Waals surface area contributed by atoms with Crippen LogP contribution in [0.2, 0.25) is 0 Å². The Hall–Kier alpha value is -1.32. The van der Waals surface area contributed by atoms with Gasteiger partial charge in [0.25, 0.3) is 0 Å². The summed E-state index contributed by atoms with van der Waals surface area (Å²) in [6, 6.07) is 0. The fraction of sp³-hybridized carbons (Fsp3) is 0.909. The maximum absolute atomic E-state index is 12.2. The molecule has 0 aromatic rings. The summed E-state index contributed by atoms with van der Waals surface area (Å²) in [6.45, 7) is 4.35. The fourth-order valence-electron chi connectivity index (χ4n) is 6.75. The first-order valence-electron chi connectivity index (χ1n) is 21.6. The monoisotopic (exact) mass is 677 g/mol. The maximum Gasteiger partial charge on any atom is 0.306 e. The quantitative estimate of drug-likeness (QED) is 0.0398. The Kier molecular flexibility index (Phi) is 39.0. The molecule has 0 aliphatic heterocycles. The summed E-state index contributed by atoms with van der Waals surface area (Å²) < 4.78 is 5.66. The van der Waals surface area contributed by atoms with E-state index in [1.54, 1.807) is 0 Å². The second-order valence-electron chi connectivity index (χ2n) is 15.0. The topological polar surface area (TPSA) is 63.6 Å². The highest BCUT2D eigenvalue weighted by atomic mass is 16.5. The van der Waals surface area contributed by atoms with Crippen molar-refractivity contribution in [3.05, 3.63) is 12.2 Å². The molecule has 0 saturated heterocycles. The Morgan fingerprint density at radius 3 is 1.15 bits per heavy atom. The molecule has 4 heteroatoms. The molecule has 1 N–H and O–H groups in total. The number of carbonyl (C=O) groups is 2. The Morgan fingerprint density at radius 1 is 0.458 bits per heavy atom. The lowest BCUT2D eigenvalue weighted by molar-refractivity contribution is -0.148. The van der Waals surface area contributed by atoms with Crippen LogP contribution in [-0.4, -0.2) is 23.1 Å². The largest absolute Gasteiger partial charge is 0.481 e. The average molecular weight is 677 g/mol. The molecule has 284 valence electrons. The summed E-state index contributed by atoms with van der Waals surface area (Å²) in [5, 5.41) is 8.65. The van der Waals surface area contributed by atoms with E-state index in [0.29, 0.717) is 12.8 Å². The number of hydrogen-bond donors (Lipinski definition) is 1. The molecule has 0 amide bonds. The lowest BCUT2D eigenvalue weighted by Gasteiger charge is -2.13. The van der Waals surface area contributed by atoms with Crippen molar-refractivity contribution in [2.75, 3.05) is 0 Å². The third-order valence-corrected chi connectivity index (χ3v) is 9.98. The van der Waals surface area contributed by atoms with Crippen LogP contribution < -0.4 is 0 Å². The van der Waals surface area contributed by atoms with Gasteiger partial charge in [-0.2, -0.15) is 0 Å². The number of carboxylic acid groups (broad SMARTS) is 1. The van der Waals surface area contributed by atoms with E-state index in [4.69, 9.17) is 9.84 Å². The molecule has 0 radical (unpaired) electrons. The Morgan fingerprint density at radius 2 is 0.771 bits per heavy atom. The van der Waals surface area contributed by atoms with Crippen LogP contribution in [0.4, 0.5) is 0 Å². The SMILES string of the molecule is CCCCCCCC/C=C\CCCCCCCCCCCCCC(=O)OC(C)CCCCCCCCCCCCCCCCCC(=O)O. The van der Waals surface area contributed by atoms with E-state index in [1.807, 2.05) is 0 Å². The Balaban J connectivity index is 3.28. The zero-order valence-corrected chi connectivity index (χ0v) is 32.6. The summed E-state index contributed by atoms with van der Waals surface area (Å²) >= 11 is 0. The minimum absolute atomic E-state index is 0.00605. The molecule has 1 atom stereocenters. The number of unbranched alkanes of at least 4 members (excludes halogenated alkanes) is 31. The van der Waals surface area contributed by atoms with Gasteiger partial charge in [0.15, 0.2) is 0 Å². The Labute approximate surface area is 300 Å². The molecule has 0 fully saturated rings. The number of ether oxygens (including phenoxy) is 1. The summed E-state index contributed by atoms with van der Waals surface area (Å²) in [6.07, 6.45) is 51.0. The fourth-order valence-corrected chi connectivity index (χ4v) is 6.75. The highest BCUT2D eigenvalue weighted by molar-refractivity contribution is 5.69. The molecule has 4 nitrogen and oxygen atoms in total. The number of rotatable bonds is 40. The lowest BCUT2D eigenvalue weighted by atomic mass is 10.0. The highest BCUT2D eigenvalue weighted by Gasteiger charge is 2.09. The first kappa shape index (κ1) is 46.7. The number of allylic oxidation sites excluding steroid dienone is 2. The van der Waals surface area contributed by atoms with E-state index in [0.717, 1.165) is 32.1 Å². The molecule has 0 bridgehead atoms. The number of carboxylic acids is 1. The normalized spacial score (nSPS) is 12.2. The predicted molar refractivity (Wildman–Crippen MR) is 209 cm³/mol. The van der Waals surface area contributed by atoms with E-state index in [2.05, 4.69) is 26.0 Å². The lowest BCUT2D eigenvalue weighted by Crippen LogP contribution is -2.14. The van der Waals surface area contributed by atoms with Crippen molar-refractivity contribution in [2.24, 2.45) is 0 Å². The molecule has 1 unspecified atom stereocenters. The van der Waals surface area contributed by atoms with Gasteiger partial charge in [0, 0.05) is 12.8 Å². The van der Waals surface area contributed by atoms with E-state index in [-0.39, 0.29) is 12.1 Å². The van der Waals surface area contributed by atoms with Gasteiger partial charge in [0.2, 0.25) is 0 Å². The number of carbonyl (C=O) groups excluding carboxylic acids is 1. The standard InChI is InChI=1S/C44H84O4/c1-3-4-5-6-7-8-9-10-11-12-13-14-15-16-20-23-26-29-32-35-38-41-44(47)48-42(2)39-36-33-30-27-24-21-18-17-19-22-25-28-31-34-37-40-43(45)46/h10-11,42H,3-9,12-41H2,1-2H3,(H,45,46)/b11-10-. The summed E-state index contributed by atoms with van der Waals surface area (Å²) in [7, 11) is 0. The summed E-state index contributed by atoms with van der Waals surface area (Å²) in [5.41, 5.74) is 0. The molecular formula is C44H84O4. The van der Waals surface area contributed by atoms with Crippen molar-refractivity contribution in [3.63, 3.8) is 0 Å². The second-order valence-corrected chi connectivity index (χ2v) is 15.0. The zero-order chi connectivity index (χ0) is 35.0. The summed E-state index contributed by atoms with van der Waals surface area (Å²) in [5.74, 6) is -0.658. The maximum atomic E-state index is 12.2. The van der Waals surface area contributed by atoms with Crippen LogP contribution in [0.15, 0.2) is 12.2 Å². The molecule has 0 aromatic carbocycles. The van der Waals surface area contributed by atoms with Crippen LogP contribution in [0, 0.1) is 0 Å². The van der Waals surface area contributed by atoms with Gasteiger partial charge in [-0.1, -0.05) is 192 Å². The van der Waals surface area contributed by atoms with Crippen LogP contribution in [-0.2, 0) is 14.3 Å². The van der Waals surface area contributed by atoms with Crippen molar-refractivity contribution < 1.29 is 19.4 Å². The van der Waals surface area contributed by atoms with Gasteiger partial charge in [-0.3, -0.25) is 9.59 Å². The van der Waals surface area contributed by atoms with Gasteiger partial charge in [-0.05, 0) is 58.3 Å². The first-order valence-corrected chi connectivity index (χ1v) is 21.6. The van der Waals surface area contributed by atoms with Crippen LogP contribution in [0.3, 0.4) is 0 Å². The molecule has 48 heavy (non-hydrogen) atoms. The van der Waals surface area contributed by atoms with E-state index in [1.165, 1.54) is 193 Å². The third kappa shape index (κ3) is 40.9. The average Bonchev–Trinajstić information content (AvgIpc) is 3.06. The van der Waals surface area contributed by atoms with Gasteiger partial charge in [-0.15, -0.1) is 0 Å². The van der Waals surface area contributed by atoms with Crippen LogP contribution >= 0.6 is 0 Å². The van der Waals surface area contributed by atoms with Gasteiger partial charge in [0.1, 0.15) is 0 Å². The minimum Gasteiger partial charge on any atom is -0.481 e. The van der Waals surface area contributed by atoms with Crippen LogP contribution in [0.1, 0.15) is 251 Å². The van der Waals surface area contributed by atoms with Gasteiger partial charge in [0.05, 0.1) is 6.10 Å². The van der Waals surface area contributed by atoms with Gasteiger partial charge in [-0.25, -0.2) is 0 Å².